The Bertz CT molecular complexity index is 344. The van der Waals surface area contributed by atoms with Gasteiger partial charge in [-0.25, -0.2) is 0 Å². The Morgan fingerprint density at radius 1 is 1.10 bits per heavy atom. The van der Waals surface area contributed by atoms with Gasteiger partial charge in [0.25, 0.3) is 0 Å². The summed E-state index contributed by atoms with van der Waals surface area (Å²) in [6, 6.07) is 0.709. The molecule has 6 heteroatoms. The van der Waals surface area contributed by atoms with E-state index in [2.05, 4.69) is 10.6 Å². The summed E-state index contributed by atoms with van der Waals surface area (Å²) in [6.45, 7) is 6.26. The van der Waals surface area contributed by atoms with Crippen LogP contribution in [-0.2, 0) is 14.3 Å². The van der Waals surface area contributed by atoms with E-state index in [1.54, 1.807) is 0 Å². The van der Waals surface area contributed by atoms with Crippen LogP contribution in [0.15, 0.2) is 0 Å². The largest absolute Gasteiger partial charge is 0.480 e. The topological polar surface area (TPSA) is 87.7 Å². The Kier molecular flexibility index (Phi) is 7.11. The second kappa shape index (κ2) is 8.34. The van der Waals surface area contributed by atoms with Gasteiger partial charge in [0.1, 0.15) is 5.60 Å². The first kappa shape index (κ1) is 17.9. The van der Waals surface area contributed by atoms with Crippen molar-refractivity contribution in [3.8, 4) is 0 Å². The zero-order chi connectivity index (χ0) is 15.9. The van der Waals surface area contributed by atoms with Gasteiger partial charge in [-0.05, 0) is 46.5 Å². The summed E-state index contributed by atoms with van der Waals surface area (Å²) in [5.41, 5.74) is -0.426. The second-order valence-electron chi connectivity index (χ2n) is 6.61. The van der Waals surface area contributed by atoms with Gasteiger partial charge in [-0.3, -0.25) is 9.59 Å². The van der Waals surface area contributed by atoms with Gasteiger partial charge in [-0.1, -0.05) is 0 Å². The Morgan fingerprint density at radius 2 is 1.62 bits per heavy atom. The number of carboxylic acids is 1. The maximum Gasteiger partial charge on any atom is 0.317 e. The molecule has 0 aromatic carbocycles. The van der Waals surface area contributed by atoms with Crippen LogP contribution in [0.25, 0.3) is 0 Å². The highest BCUT2D eigenvalue weighted by Crippen LogP contribution is 2.18. The lowest BCUT2D eigenvalue weighted by atomic mass is 9.91. The zero-order valence-corrected chi connectivity index (χ0v) is 13.3. The minimum atomic E-state index is -0.812. The first-order valence-electron chi connectivity index (χ1n) is 7.66. The standard InChI is InChI=1S/C15H28N2O4/c1-15(2,3)21-14(20)8-9-16-11-4-6-12(7-5-11)17-10-13(18)19/h11-12,16-17H,4-10H2,1-3H3,(H,18,19). The predicted octanol–water partition coefficient (Wildman–Crippen LogP) is 1.29. The molecule has 3 N–H and O–H groups in total. The lowest BCUT2D eigenvalue weighted by Crippen LogP contribution is -2.42. The number of carbonyl (C=O) groups is 2. The number of aliphatic carboxylic acids is 1. The fourth-order valence-electron chi connectivity index (χ4n) is 2.50. The van der Waals surface area contributed by atoms with E-state index in [0.29, 0.717) is 25.0 Å². The molecule has 1 aliphatic carbocycles. The number of rotatable bonds is 7. The summed E-state index contributed by atoms with van der Waals surface area (Å²) in [7, 11) is 0. The molecule has 6 nitrogen and oxygen atoms in total. The van der Waals surface area contributed by atoms with Gasteiger partial charge in [-0.2, -0.15) is 0 Å². The van der Waals surface area contributed by atoms with Crippen molar-refractivity contribution in [2.24, 2.45) is 0 Å². The number of esters is 1. The van der Waals surface area contributed by atoms with E-state index in [4.69, 9.17) is 9.84 Å². The lowest BCUT2D eigenvalue weighted by molar-refractivity contribution is -0.154. The van der Waals surface area contributed by atoms with E-state index in [9.17, 15) is 9.59 Å². The molecule has 0 aliphatic heterocycles. The quantitative estimate of drug-likeness (QED) is 0.614. The molecule has 1 rings (SSSR count). The van der Waals surface area contributed by atoms with Gasteiger partial charge in [-0.15, -0.1) is 0 Å². The number of hydrogen-bond donors (Lipinski definition) is 3. The normalized spacial score (nSPS) is 22.8. The van der Waals surface area contributed by atoms with Crippen LogP contribution in [0.4, 0.5) is 0 Å². The van der Waals surface area contributed by atoms with Crippen molar-refractivity contribution in [1.29, 1.82) is 0 Å². The Hall–Kier alpha value is -1.14. The second-order valence-corrected chi connectivity index (χ2v) is 6.61. The average Bonchev–Trinajstić information content (AvgIpc) is 2.35. The van der Waals surface area contributed by atoms with Crippen LogP contribution in [0.1, 0.15) is 52.9 Å². The highest BCUT2D eigenvalue weighted by Gasteiger charge is 2.21. The Morgan fingerprint density at radius 3 is 2.10 bits per heavy atom. The summed E-state index contributed by atoms with van der Waals surface area (Å²) < 4.78 is 5.25. The van der Waals surface area contributed by atoms with Crippen LogP contribution in [0.3, 0.4) is 0 Å². The molecule has 0 radical (unpaired) electrons. The van der Waals surface area contributed by atoms with E-state index in [0.717, 1.165) is 25.7 Å². The number of ether oxygens (including phenoxy) is 1. The fraction of sp³-hybridized carbons (Fsp3) is 0.867. The third-order valence-corrected chi connectivity index (χ3v) is 3.45. The van der Waals surface area contributed by atoms with E-state index in [1.807, 2.05) is 20.8 Å². The Balaban J connectivity index is 2.10. The lowest BCUT2D eigenvalue weighted by Gasteiger charge is -2.29. The highest BCUT2D eigenvalue weighted by molar-refractivity contribution is 5.70. The van der Waals surface area contributed by atoms with Gasteiger partial charge in [0.15, 0.2) is 0 Å². The van der Waals surface area contributed by atoms with E-state index < -0.39 is 11.6 Å². The van der Waals surface area contributed by atoms with E-state index >= 15 is 0 Å². The molecule has 0 aromatic heterocycles. The monoisotopic (exact) mass is 300 g/mol. The molecule has 0 unspecified atom stereocenters. The first-order valence-corrected chi connectivity index (χ1v) is 7.66. The van der Waals surface area contributed by atoms with Crippen molar-refractivity contribution in [2.45, 2.75) is 70.6 Å². The van der Waals surface area contributed by atoms with Gasteiger partial charge in [0.2, 0.25) is 0 Å². The molecular formula is C15H28N2O4. The van der Waals surface area contributed by atoms with E-state index in [1.165, 1.54) is 0 Å². The van der Waals surface area contributed by atoms with Crippen molar-refractivity contribution >= 4 is 11.9 Å². The molecule has 0 aromatic rings. The molecule has 1 aliphatic rings. The van der Waals surface area contributed by atoms with Crippen LogP contribution in [-0.4, -0.2) is 47.8 Å². The van der Waals surface area contributed by atoms with Gasteiger partial charge < -0.3 is 20.5 Å². The van der Waals surface area contributed by atoms with Crippen LogP contribution in [0.5, 0.6) is 0 Å². The molecule has 1 saturated carbocycles. The molecule has 122 valence electrons. The smallest absolute Gasteiger partial charge is 0.317 e. The zero-order valence-electron chi connectivity index (χ0n) is 13.3. The highest BCUT2D eigenvalue weighted by atomic mass is 16.6. The maximum atomic E-state index is 11.6. The third-order valence-electron chi connectivity index (χ3n) is 3.45. The van der Waals surface area contributed by atoms with Crippen LogP contribution < -0.4 is 10.6 Å². The number of carbonyl (C=O) groups excluding carboxylic acids is 1. The SMILES string of the molecule is CC(C)(C)OC(=O)CCNC1CCC(NCC(=O)O)CC1. The molecule has 0 saturated heterocycles. The summed E-state index contributed by atoms with van der Waals surface area (Å²) in [5.74, 6) is -0.987. The van der Waals surface area contributed by atoms with Crippen molar-refractivity contribution in [3.05, 3.63) is 0 Å². The molecule has 0 atom stereocenters. The van der Waals surface area contributed by atoms with Crippen LogP contribution >= 0.6 is 0 Å². The van der Waals surface area contributed by atoms with Gasteiger partial charge in [0, 0.05) is 18.6 Å². The van der Waals surface area contributed by atoms with Crippen molar-refractivity contribution in [1.82, 2.24) is 10.6 Å². The predicted molar refractivity (Wildman–Crippen MR) is 80.1 cm³/mol. The Labute approximate surface area is 126 Å². The number of nitrogens with one attached hydrogen (secondary N) is 2. The van der Waals surface area contributed by atoms with Gasteiger partial charge >= 0.3 is 11.9 Å². The summed E-state index contributed by atoms with van der Waals surface area (Å²) >= 11 is 0. The van der Waals surface area contributed by atoms with Crippen molar-refractivity contribution < 1.29 is 19.4 Å². The van der Waals surface area contributed by atoms with Gasteiger partial charge in [0.05, 0.1) is 13.0 Å². The van der Waals surface area contributed by atoms with Crippen molar-refractivity contribution in [2.75, 3.05) is 13.1 Å². The molecular weight excluding hydrogens is 272 g/mol. The summed E-state index contributed by atoms with van der Waals surface area (Å²) in [4.78, 5) is 22.1. The first-order chi connectivity index (χ1) is 9.76. The summed E-state index contributed by atoms with van der Waals surface area (Å²) in [6.07, 6.45) is 4.33. The third kappa shape index (κ3) is 8.67. The molecule has 21 heavy (non-hydrogen) atoms. The molecule has 0 spiro atoms. The average molecular weight is 300 g/mol. The molecule has 1 fully saturated rings. The number of carboxylic acid groups (broad SMARTS) is 1. The number of hydrogen-bond acceptors (Lipinski definition) is 5. The van der Waals surface area contributed by atoms with Crippen molar-refractivity contribution in [3.63, 3.8) is 0 Å². The van der Waals surface area contributed by atoms with Crippen LogP contribution in [0, 0.1) is 0 Å². The minimum Gasteiger partial charge on any atom is -0.480 e. The van der Waals surface area contributed by atoms with E-state index in [-0.39, 0.29) is 12.5 Å². The fourth-order valence-corrected chi connectivity index (χ4v) is 2.50. The molecule has 0 heterocycles. The molecule has 0 amide bonds. The maximum absolute atomic E-state index is 11.6. The van der Waals surface area contributed by atoms with Crippen LogP contribution in [0.2, 0.25) is 0 Å². The molecule has 0 bridgehead atoms. The minimum absolute atomic E-state index is 0.0292. The summed E-state index contributed by atoms with van der Waals surface area (Å²) in [5, 5.41) is 15.0.